The molecular weight excluding hydrogens is 464 g/mol. The Balaban J connectivity index is 1.50. The quantitative estimate of drug-likeness (QED) is 0.222. The highest BCUT2D eigenvalue weighted by Crippen LogP contribution is 2.34. The van der Waals surface area contributed by atoms with E-state index in [4.69, 9.17) is 4.98 Å². The Kier molecular flexibility index (Phi) is 6.74. The molecule has 4 nitrogen and oxygen atoms in total. The molecule has 1 heterocycles. The Labute approximate surface area is 214 Å². The van der Waals surface area contributed by atoms with E-state index in [9.17, 15) is 9.59 Å². The van der Waals surface area contributed by atoms with Crippen molar-refractivity contribution in [1.82, 2.24) is 4.98 Å². The average Bonchev–Trinajstić information content (AvgIpc) is 3.36. The van der Waals surface area contributed by atoms with E-state index in [1.165, 1.54) is 16.9 Å². The van der Waals surface area contributed by atoms with Gasteiger partial charge in [-0.25, -0.2) is 4.98 Å². The first-order valence-corrected chi connectivity index (χ1v) is 12.8. The van der Waals surface area contributed by atoms with E-state index < -0.39 is 0 Å². The van der Waals surface area contributed by atoms with Crippen molar-refractivity contribution in [3.8, 4) is 0 Å². The van der Waals surface area contributed by atoms with E-state index in [0.717, 1.165) is 15.8 Å². The maximum absolute atomic E-state index is 13.8. The number of nitrogens with zero attached hydrogens (tertiary/aromatic N) is 2. The van der Waals surface area contributed by atoms with Gasteiger partial charge in [0, 0.05) is 16.7 Å². The number of hydrogen-bond acceptors (Lipinski definition) is 4. The number of benzene rings is 4. The van der Waals surface area contributed by atoms with Gasteiger partial charge in [0.15, 0.2) is 10.9 Å². The van der Waals surface area contributed by atoms with Gasteiger partial charge in [-0.2, -0.15) is 0 Å². The Morgan fingerprint density at radius 3 is 2.03 bits per heavy atom. The van der Waals surface area contributed by atoms with Gasteiger partial charge in [-0.05, 0) is 35.2 Å². The lowest BCUT2D eigenvalue weighted by Gasteiger charge is -2.20. The molecule has 0 N–H and O–H groups in total. The number of carbonyl (C=O) groups excluding carboxylic acids is 2. The molecule has 0 radical (unpaired) electrons. The van der Waals surface area contributed by atoms with Crippen LogP contribution in [0.5, 0.6) is 0 Å². The summed E-state index contributed by atoms with van der Waals surface area (Å²) in [6.45, 7) is 4.71. The molecular formula is C31H26N2O2S. The molecule has 0 unspecified atom stereocenters. The third-order valence-corrected chi connectivity index (χ3v) is 7.19. The first-order valence-electron chi connectivity index (χ1n) is 12.0. The second-order valence-corrected chi connectivity index (χ2v) is 10.0. The number of ketones is 1. The molecule has 0 bridgehead atoms. The molecule has 0 fully saturated rings. The smallest absolute Gasteiger partial charge is 0.260 e. The summed E-state index contributed by atoms with van der Waals surface area (Å²) >= 11 is 1.52. The van der Waals surface area contributed by atoms with Gasteiger partial charge in [-0.15, -0.1) is 0 Å². The van der Waals surface area contributed by atoms with Crippen molar-refractivity contribution in [2.24, 2.45) is 0 Å². The number of hydrogen-bond donors (Lipinski definition) is 0. The molecule has 0 saturated heterocycles. The fourth-order valence-electron chi connectivity index (χ4n) is 4.21. The molecule has 5 aromatic rings. The first-order chi connectivity index (χ1) is 17.5. The normalized spacial score (nSPS) is 11.1. The summed E-state index contributed by atoms with van der Waals surface area (Å²) in [5, 5.41) is 0.663. The van der Waals surface area contributed by atoms with Crippen molar-refractivity contribution < 1.29 is 9.59 Å². The van der Waals surface area contributed by atoms with Crippen LogP contribution in [0.4, 0.5) is 5.13 Å². The number of amides is 1. The van der Waals surface area contributed by atoms with Crippen molar-refractivity contribution in [3.05, 3.63) is 131 Å². The summed E-state index contributed by atoms with van der Waals surface area (Å²) in [4.78, 5) is 33.3. The highest BCUT2D eigenvalue weighted by Gasteiger charge is 2.23. The molecule has 36 heavy (non-hydrogen) atoms. The van der Waals surface area contributed by atoms with Gasteiger partial charge >= 0.3 is 0 Å². The minimum Gasteiger partial charge on any atom is -0.289 e. The predicted octanol–water partition coefficient (Wildman–Crippen LogP) is 7.50. The number of thiazole rings is 1. The van der Waals surface area contributed by atoms with Crippen LogP contribution < -0.4 is 4.90 Å². The molecule has 5 rings (SSSR count). The molecule has 0 atom stereocenters. The maximum atomic E-state index is 13.8. The zero-order valence-corrected chi connectivity index (χ0v) is 21.0. The van der Waals surface area contributed by atoms with Gasteiger partial charge in [0.1, 0.15) is 0 Å². The lowest BCUT2D eigenvalue weighted by molar-refractivity contribution is 0.0982. The summed E-state index contributed by atoms with van der Waals surface area (Å²) in [6, 6.07) is 32.2. The standard InChI is InChI=1S/C31H26N2O2S/c1-21(2)26-14-9-15-27-28(26)32-31(36-27)33(20-22-10-5-3-6-11-22)30(35)25-18-16-24(17-19-25)29(34)23-12-7-4-8-13-23/h3-19,21H,20H2,1-2H3. The van der Waals surface area contributed by atoms with E-state index in [2.05, 4.69) is 26.0 Å². The molecule has 1 aromatic heterocycles. The number of para-hydroxylation sites is 1. The highest BCUT2D eigenvalue weighted by molar-refractivity contribution is 7.22. The Hall–Kier alpha value is -4.09. The summed E-state index contributed by atoms with van der Waals surface area (Å²) in [6.07, 6.45) is 0. The van der Waals surface area contributed by atoms with Crippen LogP contribution in [0.15, 0.2) is 103 Å². The second-order valence-electron chi connectivity index (χ2n) is 8.99. The van der Waals surface area contributed by atoms with Crippen LogP contribution >= 0.6 is 11.3 Å². The first kappa shape index (κ1) is 23.6. The molecule has 0 saturated carbocycles. The lowest BCUT2D eigenvalue weighted by atomic mass is 10.0. The molecule has 1 amide bonds. The number of aromatic nitrogens is 1. The predicted molar refractivity (Wildman–Crippen MR) is 147 cm³/mol. The van der Waals surface area contributed by atoms with Crippen LogP contribution in [0.3, 0.4) is 0 Å². The van der Waals surface area contributed by atoms with Crippen LogP contribution in [0, 0.1) is 0 Å². The lowest BCUT2D eigenvalue weighted by Crippen LogP contribution is -2.30. The molecule has 0 aliphatic carbocycles. The van der Waals surface area contributed by atoms with Crippen molar-refractivity contribution in [3.63, 3.8) is 0 Å². The van der Waals surface area contributed by atoms with E-state index in [0.29, 0.717) is 34.3 Å². The zero-order chi connectivity index (χ0) is 25.1. The fourth-order valence-corrected chi connectivity index (χ4v) is 5.21. The third-order valence-electron chi connectivity index (χ3n) is 6.15. The minimum absolute atomic E-state index is 0.0665. The number of rotatable bonds is 7. The molecule has 178 valence electrons. The molecule has 0 aliphatic rings. The SMILES string of the molecule is CC(C)c1cccc2sc(N(Cc3ccccc3)C(=O)c3ccc(C(=O)c4ccccc4)cc3)nc12. The van der Waals surface area contributed by atoms with Crippen molar-refractivity contribution in [2.45, 2.75) is 26.3 Å². The fraction of sp³-hybridized carbons (Fsp3) is 0.129. The molecule has 0 spiro atoms. The molecule has 4 aromatic carbocycles. The van der Waals surface area contributed by atoms with E-state index in [1.54, 1.807) is 41.3 Å². The molecule has 5 heteroatoms. The van der Waals surface area contributed by atoms with Crippen molar-refractivity contribution >= 4 is 38.4 Å². The van der Waals surface area contributed by atoms with Crippen LogP contribution in [-0.2, 0) is 6.54 Å². The van der Waals surface area contributed by atoms with Gasteiger partial charge in [0.05, 0.1) is 16.8 Å². The van der Waals surface area contributed by atoms with Gasteiger partial charge in [0.25, 0.3) is 5.91 Å². The van der Waals surface area contributed by atoms with Crippen molar-refractivity contribution in [1.29, 1.82) is 0 Å². The van der Waals surface area contributed by atoms with E-state index in [-0.39, 0.29) is 11.7 Å². The summed E-state index contributed by atoms with van der Waals surface area (Å²) in [5.41, 5.74) is 4.82. The van der Waals surface area contributed by atoms with Gasteiger partial charge in [-0.3, -0.25) is 14.5 Å². The largest absolute Gasteiger partial charge is 0.289 e. The minimum atomic E-state index is -0.150. The van der Waals surface area contributed by atoms with E-state index >= 15 is 0 Å². The van der Waals surface area contributed by atoms with Gasteiger partial charge in [0.2, 0.25) is 0 Å². The van der Waals surface area contributed by atoms with Crippen LogP contribution in [0.1, 0.15) is 57.2 Å². The van der Waals surface area contributed by atoms with Crippen LogP contribution in [0.25, 0.3) is 10.2 Å². The Morgan fingerprint density at radius 2 is 1.36 bits per heavy atom. The number of anilines is 1. The van der Waals surface area contributed by atoms with Crippen LogP contribution in [0.2, 0.25) is 0 Å². The van der Waals surface area contributed by atoms with Crippen molar-refractivity contribution in [2.75, 3.05) is 4.90 Å². The van der Waals surface area contributed by atoms with E-state index in [1.807, 2.05) is 54.6 Å². The average molecular weight is 491 g/mol. The highest BCUT2D eigenvalue weighted by atomic mass is 32.1. The summed E-state index contributed by atoms with van der Waals surface area (Å²) in [5.74, 6) is 0.113. The number of fused-ring (bicyclic) bond motifs is 1. The monoisotopic (exact) mass is 490 g/mol. The Bertz CT molecular complexity index is 1510. The Morgan fingerprint density at radius 1 is 0.750 bits per heavy atom. The van der Waals surface area contributed by atoms with Gasteiger partial charge < -0.3 is 0 Å². The van der Waals surface area contributed by atoms with Crippen LogP contribution in [-0.4, -0.2) is 16.7 Å². The maximum Gasteiger partial charge on any atom is 0.260 e. The summed E-state index contributed by atoms with van der Waals surface area (Å²) < 4.78 is 1.06. The third kappa shape index (κ3) is 4.83. The van der Waals surface area contributed by atoms with Gasteiger partial charge in [-0.1, -0.05) is 110 Å². The second kappa shape index (κ2) is 10.3. The topological polar surface area (TPSA) is 50.3 Å². The number of carbonyl (C=O) groups is 2. The molecule has 0 aliphatic heterocycles. The summed E-state index contributed by atoms with van der Waals surface area (Å²) in [7, 11) is 0. The zero-order valence-electron chi connectivity index (χ0n) is 20.2.